The SMILES string of the molecule is CCN(Cc1cccc(-c2ccnc(CCCc3cccc(C(F)(F)F)c3)n2)c1)C1CCNCC1.CCN(Cc1cccc(-c2ccnc(CCCc3cccs3)n2)c1)C[C@H]1CCCNC1.Fc1cccc(CCCc2ncc(F)c(-c3cccc(CCC4CCNCC4)c3)n2)c1.Fc1cnc(CCCc2cccc(Cl)c2)nc1-c1cccc(CCC2CCNCC2)c1. The highest BCUT2D eigenvalue weighted by Crippen LogP contribution is 2.33. The maximum Gasteiger partial charge on any atom is 0.416 e. The van der Waals surface area contributed by atoms with Crippen molar-refractivity contribution in [1.82, 2.24) is 70.9 Å². The number of thiophene rings is 1. The first-order chi connectivity index (χ1) is 62.6. The summed E-state index contributed by atoms with van der Waals surface area (Å²) in [6, 6.07) is 62.6. The number of rotatable bonds is 35. The van der Waals surface area contributed by atoms with Crippen molar-refractivity contribution in [3.63, 3.8) is 0 Å². The Morgan fingerprint density at radius 3 is 1.36 bits per heavy atom. The van der Waals surface area contributed by atoms with Crippen LogP contribution in [0.25, 0.3) is 45.0 Å². The minimum absolute atomic E-state index is 0.224. The summed E-state index contributed by atoms with van der Waals surface area (Å²) in [7, 11) is 0. The molecule has 4 aliphatic heterocycles. The van der Waals surface area contributed by atoms with Crippen LogP contribution in [0.1, 0.15) is 176 Å². The lowest BCUT2D eigenvalue weighted by Crippen LogP contribution is -2.42. The summed E-state index contributed by atoms with van der Waals surface area (Å²) in [6.45, 7) is 18.7. The molecule has 0 spiro atoms. The Balaban J connectivity index is 0.000000146. The van der Waals surface area contributed by atoms with E-state index in [1.165, 1.54) is 146 Å². The monoisotopic (exact) mass is 1770 g/mol. The molecule has 4 fully saturated rings. The van der Waals surface area contributed by atoms with Gasteiger partial charge in [0.1, 0.15) is 40.5 Å². The van der Waals surface area contributed by atoms with Crippen molar-refractivity contribution < 1.29 is 26.3 Å². The second-order valence-corrected chi connectivity index (χ2v) is 36.0. The molecule has 16 rings (SSSR count). The lowest BCUT2D eigenvalue weighted by atomic mass is 9.91. The van der Waals surface area contributed by atoms with Gasteiger partial charge in [0, 0.05) is 95.9 Å². The molecule has 0 bridgehead atoms. The van der Waals surface area contributed by atoms with E-state index >= 15 is 0 Å². The van der Waals surface area contributed by atoms with Crippen LogP contribution in [0.2, 0.25) is 5.02 Å². The first-order valence-electron chi connectivity index (χ1n) is 46.6. The molecule has 0 saturated carbocycles. The zero-order valence-electron chi connectivity index (χ0n) is 74.4. The van der Waals surface area contributed by atoms with E-state index in [9.17, 15) is 26.3 Å². The third-order valence-electron chi connectivity index (χ3n) is 24.9. The Morgan fingerprint density at radius 2 is 0.867 bits per heavy atom. The van der Waals surface area contributed by atoms with Crippen LogP contribution in [0.5, 0.6) is 0 Å². The Hall–Kier alpha value is -9.81. The largest absolute Gasteiger partial charge is 0.416 e. The van der Waals surface area contributed by atoms with E-state index in [0.29, 0.717) is 72.6 Å². The molecule has 0 amide bonds. The van der Waals surface area contributed by atoms with Crippen molar-refractivity contribution >= 4 is 22.9 Å². The fourth-order valence-corrected chi connectivity index (χ4v) is 18.7. The Bertz CT molecular complexity index is 5160. The summed E-state index contributed by atoms with van der Waals surface area (Å²) in [5.74, 6) is 4.29. The molecule has 14 nitrogen and oxygen atoms in total. The van der Waals surface area contributed by atoms with Crippen molar-refractivity contribution in [1.29, 1.82) is 0 Å². The summed E-state index contributed by atoms with van der Waals surface area (Å²) in [6.07, 6.45) is 25.9. The lowest BCUT2D eigenvalue weighted by Gasteiger charge is -2.34. The van der Waals surface area contributed by atoms with Crippen LogP contribution in [-0.4, -0.2) is 128 Å². The molecule has 4 saturated heterocycles. The predicted molar refractivity (Wildman–Crippen MR) is 508 cm³/mol. The van der Waals surface area contributed by atoms with Gasteiger partial charge in [0.25, 0.3) is 0 Å². The normalized spacial score (nSPS) is 15.2. The molecule has 5 aromatic heterocycles. The molecule has 9 heterocycles. The molecular formula is C106H125ClF6N14S. The molecule has 0 radical (unpaired) electrons. The molecule has 674 valence electrons. The fraction of sp³-hybridized carbons (Fsp3) is 0.415. The summed E-state index contributed by atoms with van der Waals surface area (Å²) >= 11 is 7.89. The predicted octanol–water partition coefficient (Wildman–Crippen LogP) is 22.7. The molecule has 0 unspecified atom stereocenters. The van der Waals surface area contributed by atoms with E-state index in [2.05, 4.69) is 171 Å². The van der Waals surface area contributed by atoms with Gasteiger partial charge in [0.05, 0.1) is 29.3 Å². The average molecular weight is 1780 g/mol. The number of halogens is 7. The second-order valence-electron chi connectivity index (χ2n) is 34.5. The molecule has 1 atom stereocenters. The number of aryl methyl sites for hydroxylation is 10. The number of alkyl halides is 3. The van der Waals surface area contributed by atoms with Crippen LogP contribution in [-0.2, 0) is 83.5 Å². The number of piperidine rings is 4. The summed E-state index contributed by atoms with van der Waals surface area (Å²) < 4.78 is 81.2. The van der Waals surface area contributed by atoms with Crippen LogP contribution < -0.4 is 21.3 Å². The van der Waals surface area contributed by atoms with E-state index < -0.39 is 17.6 Å². The smallest absolute Gasteiger partial charge is 0.317 e. The zero-order valence-corrected chi connectivity index (χ0v) is 75.9. The molecule has 12 aromatic rings. The first-order valence-corrected chi connectivity index (χ1v) is 47.8. The van der Waals surface area contributed by atoms with Gasteiger partial charge in [-0.1, -0.05) is 147 Å². The van der Waals surface area contributed by atoms with Crippen molar-refractivity contribution in [2.75, 3.05) is 72.0 Å². The van der Waals surface area contributed by atoms with Gasteiger partial charge in [-0.25, -0.2) is 53.0 Å². The molecule has 128 heavy (non-hydrogen) atoms. The molecule has 22 heteroatoms. The van der Waals surface area contributed by atoms with Crippen LogP contribution in [0.15, 0.2) is 224 Å². The van der Waals surface area contributed by atoms with E-state index in [1.54, 1.807) is 24.4 Å². The highest BCUT2D eigenvalue weighted by Gasteiger charge is 2.31. The van der Waals surface area contributed by atoms with Crippen LogP contribution in [0.3, 0.4) is 0 Å². The maximum atomic E-state index is 14.5. The van der Waals surface area contributed by atoms with Gasteiger partial charge in [0.15, 0.2) is 11.6 Å². The van der Waals surface area contributed by atoms with Gasteiger partial charge in [-0.3, -0.25) is 9.80 Å². The topological polar surface area (TPSA) is 158 Å². The van der Waals surface area contributed by atoms with Gasteiger partial charge in [0.2, 0.25) is 0 Å². The minimum atomic E-state index is -4.32. The number of nitrogens with zero attached hydrogens (tertiary/aromatic N) is 10. The average Bonchev–Trinajstić information content (AvgIpc) is 0.934. The number of aromatic nitrogens is 8. The van der Waals surface area contributed by atoms with Gasteiger partial charge in [-0.2, -0.15) is 13.2 Å². The van der Waals surface area contributed by atoms with Gasteiger partial charge < -0.3 is 21.3 Å². The summed E-state index contributed by atoms with van der Waals surface area (Å²) in [5.41, 5.74) is 13.9. The van der Waals surface area contributed by atoms with Crippen LogP contribution in [0, 0.1) is 35.2 Å². The van der Waals surface area contributed by atoms with Gasteiger partial charge in [-0.15, -0.1) is 11.3 Å². The third kappa shape index (κ3) is 31.5. The zero-order chi connectivity index (χ0) is 88.9. The van der Waals surface area contributed by atoms with Crippen LogP contribution in [0.4, 0.5) is 26.3 Å². The van der Waals surface area contributed by atoms with E-state index in [-0.39, 0.29) is 11.6 Å². The number of hydrogen-bond acceptors (Lipinski definition) is 15. The number of hydrogen-bond donors (Lipinski definition) is 4. The standard InChI is InChI=1S/C28H33F3N4.C26H29ClFN3.C26H29F2N3.C26H34N4S/c1-2-35(25-12-15-32-16-13-25)20-22-8-3-9-23(18-22)26-14-17-33-27(34-26)11-5-7-21-6-4-10-24(19-21)28(29,30)31;2*27-23-8-2-5-20(17-23)6-3-9-25-30-18-24(28)26(31-25)22-7-1-4-21(16-22)11-10-19-12-14-29-15-13-19;1-2-30(20-22-8-5-14-27-18-22)19-21-7-3-9-23(17-21)25-13-15-28-26(29-25)12-4-10-24-11-6-16-31-24/h3-4,6,8-10,14,17-19,25,32H,2,5,7,11-13,15-16,20H2,1H3;2*1-2,4-5,7-8,16-19,29H,3,6,9-15H2;3,6-7,9,11,13,15-17,22,27H,2,4-5,8,10,12,14,18-20H2,1H3/t;;;22-/m...0/s1. The highest BCUT2D eigenvalue weighted by atomic mass is 35.5. The van der Waals surface area contributed by atoms with E-state index in [4.69, 9.17) is 21.6 Å². The number of benzene rings is 7. The molecule has 7 aromatic carbocycles. The maximum absolute atomic E-state index is 14.5. The van der Waals surface area contributed by atoms with Crippen molar-refractivity contribution in [3.05, 3.63) is 319 Å². The van der Waals surface area contributed by atoms with Crippen molar-refractivity contribution in [2.45, 2.75) is 193 Å². The highest BCUT2D eigenvalue weighted by molar-refractivity contribution is 7.09. The van der Waals surface area contributed by atoms with E-state index in [1.807, 2.05) is 78.2 Å². The second kappa shape index (κ2) is 51.0. The summed E-state index contributed by atoms with van der Waals surface area (Å²) in [5, 5.41) is 16.7. The minimum Gasteiger partial charge on any atom is -0.317 e. The number of nitrogens with one attached hydrogen (secondary N) is 4. The lowest BCUT2D eigenvalue weighted by molar-refractivity contribution is -0.137. The molecule has 0 aliphatic carbocycles. The van der Waals surface area contributed by atoms with Gasteiger partial charge in [-0.05, 0) is 329 Å². The fourth-order valence-electron chi connectivity index (χ4n) is 17.7. The molecular weight excluding hydrogens is 1650 g/mol. The molecule has 4 N–H and O–H groups in total. The Kier molecular flexibility index (Phi) is 38.1. The van der Waals surface area contributed by atoms with E-state index in [0.717, 1.165) is 198 Å². The third-order valence-corrected chi connectivity index (χ3v) is 26.0. The van der Waals surface area contributed by atoms with Crippen LogP contribution >= 0.6 is 22.9 Å². The quantitative estimate of drug-likeness (QED) is 0.0278. The summed E-state index contributed by atoms with van der Waals surface area (Å²) in [4.78, 5) is 42.5. The molecule has 4 aliphatic rings. The van der Waals surface area contributed by atoms with Crippen molar-refractivity contribution in [3.8, 4) is 45.0 Å². The Labute approximate surface area is 763 Å². The first kappa shape index (κ1) is 95.8. The Morgan fingerprint density at radius 1 is 0.406 bits per heavy atom. The van der Waals surface area contributed by atoms with Gasteiger partial charge >= 0.3 is 6.18 Å². The van der Waals surface area contributed by atoms with Crippen molar-refractivity contribution in [2.24, 2.45) is 17.8 Å².